The summed E-state index contributed by atoms with van der Waals surface area (Å²) < 4.78 is 10.5. The third-order valence-corrected chi connectivity index (χ3v) is 3.64. The van der Waals surface area contributed by atoms with Gasteiger partial charge in [0.15, 0.2) is 5.76 Å². The number of rotatable bonds is 8. The number of hydrogen-bond donors (Lipinski definition) is 1. The second kappa shape index (κ2) is 8.31. The third-order valence-electron chi connectivity index (χ3n) is 3.64. The number of furan rings is 1. The number of amides is 1. The number of carbonyl (C=O) groups excluding carboxylic acids is 1. The van der Waals surface area contributed by atoms with Gasteiger partial charge in [-0.05, 0) is 5.56 Å². The van der Waals surface area contributed by atoms with Gasteiger partial charge in [0.25, 0.3) is 5.91 Å². The number of aromatic carboxylic acids is 1. The first-order valence-electron chi connectivity index (χ1n) is 7.75. The van der Waals surface area contributed by atoms with E-state index in [0.29, 0.717) is 31.9 Å². The average Bonchev–Trinajstić information content (AvgIpc) is 3.03. The van der Waals surface area contributed by atoms with Gasteiger partial charge in [-0.2, -0.15) is 0 Å². The monoisotopic (exact) mass is 331 g/mol. The van der Waals surface area contributed by atoms with Gasteiger partial charge in [0.1, 0.15) is 11.3 Å². The topological polar surface area (TPSA) is 80.0 Å². The van der Waals surface area contributed by atoms with E-state index in [1.54, 1.807) is 18.9 Å². The largest absolute Gasteiger partial charge is 0.478 e. The predicted molar refractivity (Wildman–Crippen MR) is 88.1 cm³/mol. The molecule has 0 saturated heterocycles. The molecule has 1 heterocycles. The summed E-state index contributed by atoms with van der Waals surface area (Å²) in [4.78, 5) is 25.6. The number of benzene rings is 1. The van der Waals surface area contributed by atoms with Crippen LogP contribution in [-0.2, 0) is 17.7 Å². The summed E-state index contributed by atoms with van der Waals surface area (Å²) in [6, 6.07) is 10.9. The summed E-state index contributed by atoms with van der Waals surface area (Å²) in [5.41, 5.74) is 1.01. The van der Waals surface area contributed by atoms with Crippen molar-refractivity contribution in [2.75, 3.05) is 20.3 Å². The molecule has 0 saturated carbocycles. The zero-order chi connectivity index (χ0) is 17.5. The lowest BCUT2D eigenvalue weighted by Crippen LogP contribution is -2.33. The highest BCUT2D eigenvalue weighted by atomic mass is 16.5. The lowest BCUT2D eigenvalue weighted by atomic mass is 10.2. The van der Waals surface area contributed by atoms with E-state index in [1.807, 2.05) is 30.3 Å². The number of nitrogens with zero attached hydrogens (tertiary/aromatic N) is 1. The molecule has 0 atom stereocenters. The molecule has 0 unspecified atom stereocenters. The van der Waals surface area contributed by atoms with Crippen LogP contribution in [0.2, 0.25) is 0 Å². The Morgan fingerprint density at radius 1 is 1.25 bits per heavy atom. The van der Waals surface area contributed by atoms with E-state index >= 15 is 0 Å². The summed E-state index contributed by atoms with van der Waals surface area (Å²) in [6.07, 6.45) is 0.408. The van der Waals surface area contributed by atoms with Gasteiger partial charge in [-0.3, -0.25) is 4.79 Å². The van der Waals surface area contributed by atoms with Crippen molar-refractivity contribution in [1.82, 2.24) is 4.90 Å². The van der Waals surface area contributed by atoms with E-state index in [4.69, 9.17) is 9.15 Å². The predicted octanol–water partition coefficient (Wildman–Crippen LogP) is 2.83. The van der Waals surface area contributed by atoms with Crippen LogP contribution in [0.3, 0.4) is 0 Å². The van der Waals surface area contributed by atoms with Crippen LogP contribution in [-0.4, -0.2) is 42.1 Å². The van der Waals surface area contributed by atoms with Gasteiger partial charge in [0.05, 0.1) is 6.61 Å². The first-order chi connectivity index (χ1) is 11.6. The van der Waals surface area contributed by atoms with Gasteiger partial charge >= 0.3 is 5.97 Å². The van der Waals surface area contributed by atoms with Crippen LogP contribution >= 0.6 is 0 Å². The Kier molecular flexibility index (Phi) is 6.14. The normalized spacial score (nSPS) is 10.6. The lowest BCUT2D eigenvalue weighted by Gasteiger charge is -2.21. The average molecular weight is 331 g/mol. The van der Waals surface area contributed by atoms with E-state index in [-0.39, 0.29) is 17.2 Å². The first-order valence-corrected chi connectivity index (χ1v) is 7.75. The van der Waals surface area contributed by atoms with Crippen LogP contribution in [0.4, 0.5) is 0 Å². The highest BCUT2D eigenvalue weighted by Crippen LogP contribution is 2.19. The molecule has 2 rings (SSSR count). The van der Waals surface area contributed by atoms with Gasteiger partial charge in [0, 0.05) is 32.7 Å². The fourth-order valence-corrected chi connectivity index (χ4v) is 2.39. The van der Waals surface area contributed by atoms with Crippen molar-refractivity contribution >= 4 is 11.9 Å². The number of carboxylic acids is 1. The second-order valence-electron chi connectivity index (χ2n) is 5.31. The van der Waals surface area contributed by atoms with Gasteiger partial charge in [-0.15, -0.1) is 0 Å². The Balaban J connectivity index is 2.25. The van der Waals surface area contributed by atoms with Crippen molar-refractivity contribution < 1.29 is 23.8 Å². The van der Waals surface area contributed by atoms with Gasteiger partial charge < -0.3 is 19.2 Å². The maximum absolute atomic E-state index is 12.7. The summed E-state index contributed by atoms with van der Waals surface area (Å²) >= 11 is 0. The Morgan fingerprint density at radius 3 is 2.50 bits per heavy atom. The molecule has 1 N–H and O–H groups in total. The third kappa shape index (κ3) is 4.23. The number of hydrogen-bond acceptors (Lipinski definition) is 4. The molecule has 128 valence electrons. The van der Waals surface area contributed by atoms with Crippen LogP contribution in [0.25, 0.3) is 0 Å². The van der Waals surface area contributed by atoms with E-state index in [0.717, 1.165) is 5.56 Å². The van der Waals surface area contributed by atoms with Gasteiger partial charge in [0.2, 0.25) is 0 Å². The van der Waals surface area contributed by atoms with E-state index in [9.17, 15) is 14.7 Å². The van der Waals surface area contributed by atoms with Crippen molar-refractivity contribution in [1.29, 1.82) is 0 Å². The van der Waals surface area contributed by atoms with Crippen molar-refractivity contribution in [2.24, 2.45) is 0 Å². The standard InChI is InChI=1S/C18H21NO5/c1-3-15-14(18(21)22)11-16(24-15)17(20)19(9-10-23-2)12-13-7-5-4-6-8-13/h4-8,11H,3,9-10,12H2,1-2H3,(H,21,22). The van der Waals surface area contributed by atoms with E-state index in [2.05, 4.69) is 0 Å². The van der Waals surface area contributed by atoms with Crippen LogP contribution in [0.15, 0.2) is 40.8 Å². The fourth-order valence-electron chi connectivity index (χ4n) is 2.39. The van der Waals surface area contributed by atoms with Crippen molar-refractivity contribution in [3.8, 4) is 0 Å². The SMILES string of the molecule is CCc1oc(C(=O)N(CCOC)Cc2ccccc2)cc1C(=O)O. The lowest BCUT2D eigenvalue weighted by molar-refractivity contribution is 0.0646. The number of methoxy groups -OCH3 is 1. The van der Waals surface area contributed by atoms with Gasteiger partial charge in [-0.25, -0.2) is 4.79 Å². The fraction of sp³-hybridized carbons (Fsp3) is 0.333. The Morgan fingerprint density at radius 2 is 1.96 bits per heavy atom. The highest BCUT2D eigenvalue weighted by molar-refractivity contribution is 5.96. The van der Waals surface area contributed by atoms with Crippen LogP contribution < -0.4 is 0 Å². The molecular weight excluding hydrogens is 310 g/mol. The zero-order valence-electron chi connectivity index (χ0n) is 13.8. The summed E-state index contributed by atoms with van der Waals surface area (Å²) in [6.45, 7) is 2.94. The first kappa shape index (κ1) is 17.7. The molecule has 6 heteroatoms. The second-order valence-corrected chi connectivity index (χ2v) is 5.31. The molecule has 24 heavy (non-hydrogen) atoms. The van der Waals surface area contributed by atoms with Crippen LogP contribution in [0, 0.1) is 0 Å². The highest BCUT2D eigenvalue weighted by Gasteiger charge is 2.24. The smallest absolute Gasteiger partial charge is 0.339 e. The molecule has 0 aliphatic carbocycles. The maximum atomic E-state index is 12.7. The van der Waals surface area contributed by atoms with Crippen molar-refractivity contribution in [3.05, 3.63) is 59.0 Å². The number of aryl methyl sites for hydroxylation is 1. The summed E-state index contributed by atoms with van der Waals surface area (Å²) in [5, 5.41) is 9.20. The molecule has 0 bridgehead atoms. The Labute approximate surface area is 140 Å². The van der Waals surface area contributed by atoms with Crippen molar-refractivity contribution in [2.45, 2.75) is 19.9 Å². The van der Waals surface area contributed by atoms with Gasteiger partial charge in [-0.1, -0.05) is 37.3 Å². The number of carboxylic acid groups (broad SMARTS) is 1. The van der Waals surface area contributed by atoms with Crippen LogP contribution in [0.1, 0.15) is 39.2 Å². The molecule has 0 fully saturated rings. The molecule has 0 aliphatic rings. The quantitative estimate of drug-likeness (QED) is 0.804. The Bertz CT molecular complexity index is 693. The zero-order valence-corrected chi connectivity index (χ0v) is 13.8. The van der Waals surface area contributed by atoms with Crippen molar-refractivity contribution in [3.63, 3.8) is 0 Å². The molecule has 6 nitrogen and oxygen atoms in total. The molecule has 2 aromatic rings. The molecule has 0 aliphatic heterocycles. The van der Waals surface area contributed by atoms with E-state index in [1.165, 1.54) is 6.07 Å². The molecule has 0 radical (unpaired) electrons. The Hall–Kier alpha value is -2.60. The maximum Gasteiger partial charge on any atom is 0.339 e. The minimum Gasteiger partial charge on any atom is -0.478 e. The molecule has 0 spiro atoms. The molecule has 1 aromatic heterocycles. The minimum atomic E-state index is -1.10. The van der Waals surface area contributed by atoms with E-state index < -0.39 is 5.97 Å². The van der Waals surface area contributed by atoms with Crippen LogP contribution in [0.5, 0.6) is 0 Å². The molecular formula is C18H21NO5. The number of ether oxygens (including phenoxy) is 1. The summed E-state index contributed by atoms with van der Waals surface area (Å²) in [5.74, 6) is -1.10. The summed E-state index contributed by atoms with van der Waals surface area (Å²) in [7, 11) is 1.57. The minimum absolute atomic E-state index is 0.0345. The number of carbonyl (C=O) groups is 2. The molecule has 1 amide bonds. The molecule has 1 aromatic carbocycles.